The van der Waals surface area contributed by atoms with E-state index < -0.39 is 0 Å². The molecule has 0 aliphatic heterocycles. The van der Waals surface area contributed by atoms with Crippen LogP contribution in [0.5, 0.6) is 0 Å². The molecule has 20 heavy (non-hydrogen) atoms. The second kappa shape index (κ2) is 6.24. The smallest absolute Gasteiger partial charge is 0.145 e. The van der Waals surface area contributed by atoms with Crippen LogP contribution in [-0.2, 0) is 6.61 Å². The first kappa shape index (κ1) is 13.4. The Morgan fingerprint density at radius 1 is 1.25 bits per heavy atom. The average molecular weight is 265 g/mol. The highest BCUT2D eigenvalue weighted by atomic mass is 16.4. The Morgan fingerprint density at radius 3 is 2.70 bits per heavy atom. The van der Waals surface area contributed by atoms with Crippen LogP contribution in [0.4, 0.5) is 5.69 Å². The molecule has 0 atom stereocenters. The molecule has 0 saturated carbocycles. The van der Waals surface area contributed by atoms with Gasteiger partial charge < -0.3 is 14.8 Å². The van der Waals surface area contributed by atoms with E-state index in [2.05, 4.69) is 5.32 Å². The second-order valence-corrected chi connectivity index (χ2v) is 3.93. The van der Waals surface area contributed by atoms with Gasteiger partial charge in [-0.2, -0.15) is 10.5 Å². The van der Waals surface area contributed by atoms with Gasteiger partial charge in [-0.15, -0.1) is 0 Å². The molecule has 5 nitrogen and oxygen atoms in total. The van der Waals surface area contributed by atoms with Crippen LogP contribution in [0.3, 0.4) is 0 Å². The molecule has 0 bridgehead atoms. The van der Waals surface area contributed by atoms with E-state index in [0.29, 0.717) is 11.5 Å². The number of furan rings is 1. The molecule has 1 aromatic heterocycles. The zero-order valence-electron chi connectivity index (χ0n) is 10.5. The monoisotopic (exact) mass is 265 g/mol. The van der Waals surface area contributed by atoms with Crippen LogP contribution in [0.15, 0.2) is 52.6 Å². The zero-order valence-corrected chi connectivity index (χ0v) is 10.5. The normalized spacial score (nSPS) is 9.35. The van der Waals surface area contributed by atoms with Crippen LogP contribution in [0.1, 0.15) is 5.76 Å². The third kappa shape index (κ3) is 3.05. The molecule has 1 aromatic carbocycles. The van der Waals surface area contributed by atoms with E-state index in [0.717, 1.165) is 11.3 Å². The third-order valence-corrected chi connectivity index (χ3v) is 2.59. The standard InChI is InChI=1S/C15H11N3O2/c16-7-11(8-17)9-18-13-3-1-2-12(6-13)15-5-4-14(10-19)20-15/h1-6,9,18-19H,10H2. The van der Waals surface area contributed by atoms with Crippen LogP contribution in [0.2, 0.25) is 0 Å². The number of hydrogen-bond donors (Lipinski definition) is 2. The number of nitriles is 2. The van der Waals surface area contributed by atoms with E-state index >= 15 is 0 Å². The summed E-state index contributed by atoms with van der Waals surface area (Å²) in [5.41, 5.74) is 1.56. The number of anilines is 1. The minimum absolute atomic E-state index is 0.00373. The molecule has 1 heterocycles. The molecule has 98 valence electrons. The molecule has 2 rings (SSSR count). The van der Waals surface area contributed by atoms with E-state index in [4.69, 9.17) is 20.0 Å². The highest BCUT2D eigenvalue weighted by molar-refractivity contribution is 5.65. The molecule has 0 fully saturated rings. The van der Waals surface area contributed by atoms with Gasteiger partial charge in [-0.3, -0.25) is 0 Å². The van der Waals surface area contributed by atoms with Crippen LogP contribution < -0.4 is 5.32 Å². The van der Waals surface area contributed by atoms with Crippen molar-refractivity contribution < 1.29 is 9.52 Å². The summed E-state index contributed by atoms with van der Waals surface area (Å²) in [5, 5.41) is 29.2. The van der Waals surface area contributed by atoms with Crippen LogP contribution in [0, 0.1) is 22.7 Å². The van der Waals surface area contributed by atoms with Gasteiger partial charge in [0.2, 0.25) is 0 Å². The molecule has 0 spiro atoms. The summed E-state index contributed by atoms with van der Waals surface area (Å²) >= 11 is 0. The zero-order chi connectivity index (χ0) is 14.4. The minimum Gasteiger partial charge on any atom is -0.459 e. The molecule has 5 heteroatoms. The molecule has 0 aliphatic carbocycles. The van der Waals surface area contributed by atoms with Gasteiger partial charge in [0.25, 0.3) is 0 Å². The number of hydrogen-bond acceptors (Lipinski definition) is 5. The van der Waals surface area contributed by atoms with Gasteiger partial charge in [-0.25, -0.2) is 0 Å². The lowest BCUT2D eigenvalue weighted by atomic mass is 10.1. The summed E-state index contributed by atoms with van der Waals surface area (Å²) in [6, 6.07) is 14.3. The van der Waals surface area contributed by atoms with Crippen LogP contribution in [0.25, 0.3) is 11.3 Å². The molecule has 0 amide bonds. The number of benzene rings is 1. The number of aliphatic hydroxyl groups excluding tert-OH is 1. The maximum Gasteiger partial charge on any atom is 0.145 e. The largest absolute Gasteiger partial charge is 0.459 e. The fourth-order valence-electron chi connectivity index (χ4n) is 1.63. The Hall–Kier alpha value is -3.02. The van der Waals surface area contributed by atoms with Gasteiger partial charge in [0.1, 0.15) is 35.8 Å². The predicted molar refractivity (Wildman–Crippen MR) is 73.0 cm³/mol. The summed E-state index contributed by atoms with van der Waals surface area (Å²) in [4.78, 5) is 0. The van der Waals surface area contributed by atoms with Crippen LogP contribution >= 0.6 is 0 Å². The molecule has 0 radical (unpaired) electrons. The lowest BCUT2D eigenvalue weighted by molar-refractivity contribution is 0.248. The van der Waals surface area contributed by atoms with Crippen molar-refractivity contribution in [2.75, 3.05) is 5.32 Å². The molecule has 2 N–H and O–H groups in total. The summed E-state index contributed by atoms with van der Waals surface area (Å²) in [6.07, 6.45) is 1.35. The van der Waals surface area contributed by atoms with Gasteiger partial charge in [0.05, 0.1) is 0 Å². The Kier molecular flexibility index (Phi) is 4.18. The topological polar surface area (TPSA) is 93.0 Å². The van der Waals surface area contributed by atoms with Crippen LogP contribution in [-0.4, -0.2) is 5.11 Å². The van der Waals surface area contributed by atoms with E-state index in [1.54, 1.807) is 24.3 Å². The number of allylic oxidation sites excluding steroid dienone is 1. The molecule has 2 aromatic rings. The molecule has 0 saturated heterocycles. The van der Waals surface area contributed by atoms with E-state index in [1.165, 1.54) is 6.20 Å². The maximum absolute atomic E-state index is 8.98. The molecular formula is C15H11N3O2. The Bertz CT molecular complexity index is 701. The Balaban J connectivity index is 2.23. The number of nitrogens with zero attached hydrogens (tertiary/aromatic N) is 2. The van der Waals surface area contributed by atoms with E-state index in [1.807, 2.05) is 24.3 Å². The minimum atomic E-state index is -0.144. The lowest BCUT2D eigenvalue weighted by Gasteiger charge is -2.03. The Morgan fingerprint density at radius 2 is 2.05 bits per heavy atom. The SMILES string of the molecule is N#CC(C#N)=CNc1cccc(-c2ccc(CO)o2)c1. The molecular weight excluding hydrogens is 254 g/mol. The van der Waals surface area contributed by atoms with Crippen molar-refractivity contribution in [2.24, 2.45) is 0 Å². The summed E-state index contributed by atoms with van der Waals surface area (Å²) in [6.45, 7) is -0.144. The molecule has 0 aliphatic rings. The summed E-state index contributed by atoms with van der Waals surface area (Å²) in [7, 11) is 0. The van der Waals surface area contributed by atoms with Crippen molar-refractivity contribution in [3.8, 4) is 23.5 Å². The summed E-state index contributed by atoms with van der Waals surface area (Å²) < 4.78 is 5.44. The third-order valence-electron chi connectivity index (χ3n) is 2.59. The second-order valence-electron chi connectivity index (χ2n) is 3.93. The summed E-state index contributed by atoms with van der Waals surface area (Å²) in [5.74, 6) is 1.14. The number of nitrogens with one attached hydrogen (secondary N) is 1. The average Bonchev–Trinajstić information content (AvgIpc) is 2.97. The highest BCUT2D eigenvalue weighted by Crippen LogP contribution is 2.24. The van der Waals surface area contributed by atoms with Gasteiger partial charge in [-0.1, -0.05) is 12.1 Å². The van der Waals surface area contributed by atoms with Crippen molar-refractivity contribution in [3.05, 3.63) is 53.9 Å². The van der Waals surface area contributed by atoms with Crippen molar-refractivity contribution in [3.63, 3.8) is 0 Å². The van der Waals surface area contributed by atoms with E-state index in [-0.39, 0.29) is 12.2 Å². The molecule has 0 unspecified atom stereocenters. The van der Waals surface area contributed by atoms with Crippen molar-refractivity contribution in [1.82, 2.24) is 0 Å². The van der Waals surface area contributed by atoms with Gasteiger partial charge in [0, 0.05) is 17.5 Å². The number of aliphatic hydroxyl groups is 1. The maximum atomic E-state index is 8.98. The highest BCUT2D eigenvalue weighted by Gasteiger charge is 2.04. The fraction of sp³-hybridized carbons (Fsp3) is 0.0667. The van der Waals surface area contributed by atoms with Crippen molar-refractivity contribution in [1.29, 1.82) is 10.5 Å². The first-order valence-corrected chi connectivity index (χ1v) is 5.83. The fourth-order valence-corrected chi connectivity index (χ4v) is 1.63. The first-order valence-electron chi connectivity index (χ1n) is 5.83. The van der Waals surface area contributed by atoms with Crippen molar-refractivity contribution >= 4 is 5.69 Å². The Labute approximate surface area is 116 Å². The van der Waals surface area contributed by atoms with Crippen molar-refractivity contribution in [2.45, 2.75) is 6.61 Å². The first-order chi connectivity index (χ1) is 9.76. The van der Waals surface area contributed by atoms with Gasteiger partial charge in [-0.05, 0) is 24.3 Å². The lowest BCUT2D eigenvalue weighted by Crippen LogP contribution is -1.90. The predicted octanol–water partition coefficient (Wildman–Crippen LogP) is 2.78. The van der Waals surface area contributed by atoms with Gasteiger partial charge >= 0.3 is 0 Å². The number of rotatable bonds is 4. The van der Waals surface area contributed by atoms with Gasteiger partial charge in [0.15, 0.2) is 0 Å². The quantitative estimate of drug-likeness (QED) is 0.829. The van der Waals surface area contributed by atoms with E-state index in [9.17, 15) is 0 Å².